The molecule has 55 heavy (non-hydrogen) atoms. The fourth-order valence-electron chi connectivity index (χ4n) is 8.31. The lowest BCUT2D eigenvalue weighted by atomic mass is 9.79. The number of fused-ring (bicyclic) bond motifs is 2. The summed E-state index contributed by atoms with van der Waals surface area (Å²) in [6.07, 6.45) is 1.21. The number of hydrogen-bond acceptors (Lipinski definition) is 9. The maximum absolute atomic E-state index is 7.25. The van der Waals surface area contributed by atoms with E-state index in [2.05, 4.69) is 46.4 Å². The van der Waals surface area contributed by atoms with Gasteiger partial charge in [-0.3, -0.25) is 0 Å². The van der Waals surface area contributed by atoms with Crippen LogP contribution in [0.15, 0.2) is 91.2 Å². The van der Waals surface area contributed by atoms with Gasteiger partial charge in [0, 0.05) is 25.9 Å². The summed E-state index contributed by atoms with van der Waals surface area (Å²) in [6.45, 7) is 15.1. The Morgan fingerprint density at radius 1 is 0.727 bits per heavy atom. The second-order valence-corrected chi connectivity index (χ2v) is 20.1. The van der Waals surface area contributed by atoms with Crippen LogP contribution < -0.4 is 9.47 Å². The first-order valence-electron chi connectivity index (χ1n) is 20.2. The van der Waals surface area contributed by atoms with E-state index >= 15 is 0 Å². The topological polar surface area (TPSA) is 83.1 Å². The molecule has 0 spiro atoms. The van der Waals surface area contributed by atoms with Crippen molar-refractivity contribution in [1.82, 2.24) is 0 Å². The maximum atomic E-state index is 7.25. The second-order valence-electron chi connectivity index (χ2n) is 15.4. The lowest BCUT2D eigenvalue weighted by molar-refractivity contribution is -0.313. The van der Waals surface area contributed by atoms with Crippen LogP contribution in [-0.4, -0.2) is 77.5 Å². The minimum Gasteiger partial charge on any atom is -0.497 e. The minimum atomic E-state index is -1.88. The Hall–Kier alpha value is -3.22. The smallest absolute Gasteiger partial charge is 0.193 e. The molecule has 3 aromatic carbocycles. The molecule has 0 unspecified atom stereocenters. The van der Waals surface area contributed by atoms with E-state index in [1.54, 1.807) is 14.2 Å². The molecule has 0 N–H and O–H groups in total. The summed E-state index contributed by atoms with van der Waals surface area (Å²) in [6, 6.07) is 29.4. The molecule has 0 bridgehead atoms. The van der Waals surface area contributed by atoms with Crippen molar-refractivity contribution in [3.8, 4) is 11.5 Å². The van der Waals surface area contributed by atoms with E-state index in [0.29, 0.717) is 51.4 Å². The van der Waals surface area contributed by atoms with E-state index in [1.807, 2.05) is 66.7 Å². The fourth-order valence-corrected chi connectivity index (χ4v) is 11.1. The molecule has 3 fully saturated rings. The second kappa shape index (κ2) is 19.3. The largest absolute Gasteiger partial charge is 0.497 e. The highest BCUT2D eigenvalue weighted by Crippen LogP contribution is 2.45. The van der Waals surface area contributed by atoms with Crippen molar-refractivity contribution in [2.75, 3.05) is 20.8 Å². The lowest BCUT2D eigenvalue weighted by Gasteiger charge is -2.55. The quantitative estimate of drug-likeness (QED) is 0.0875. The molecular weight excluding hydrogens is 713 g/mol. The number of ether oxygens (including phenoxy) is 8. The number of benzene rings is 3. The minimum absolute atomic E-state index is 0.110. The van der Waals surface area contributed by atoms with Gasteiger partial charge in [0.25, 0.3) is 0 Å². The van der Waals surface area contributed by atoms with E-state index in [4.69, 9.17) is 42.3 Å². The SMILES string of the molecule is C=C1O[C@H]2C[C@H]3O[C@@](C)([C@H](CCOCc4ccc(OC)cc4)OCc4ccccc4)[C@H](OCc4ccc(OC)cc4)C[C@@H]3O[C@@H]2C[C@@H]1O[Si](CC)(CC)CC. The van der Waals surface area contributed by atoms with E-state index < -0.39 is 13.9 Å². The highest BCUT2D eigenvalue weighted by atomic mass is 28.4. The van der Waals surface area contributed by atoms with Gasteiger partial charge < -0.3 is 42.3 Å². The summed E-state index contributed by atoms with van der Waals surface area (Å²) in [4.78, 5) is 0. The van der Waals surface area contributed by atoms with Gasteiger partial charge >= 0.3 is 0 Å². The first-order valence-corrected chi connectivity index (χ1v) is 22.7. The standard InChI is InChI=1S/C45H62O9Si/c1-8-55(9-2,10-3)54-38-26-40-39(51-32(38)4)27-42-41(52-40)28-44(50-31-35-18-22-37(47-7)23-19-35)45(5,53-42)43(49-30-33-14-12-11-13-15-33)24-25-48-29-34-16-20-36(46-6)21-17-34/h11-23,38-44H,4,8-10,24-31H2,1-3,5-7H3/t38-,39-,40+,41-,42+,43-,44+,45-/m0/s1. The molecular formula is C45H62O9Si. The van der Waals surface area contributed by atoms with Crippen molar-refractivity contribution in [2.24, 2.45) is 0 Å². The van der Waals surface area contributed by atoms with Gasteiger partial charge in [-0.1, -0.05) is 81.9 Å². The number of hydrogen-bond donors (Lipinski definition) is 0. The highest BCUT2D eigenvalue weighted by Gasteiger charge is 2.56. The molecule has 0 amide bonds. The average molecular weight is 775 g/mol. The van der Waals surface area contributed by atoms with E-state index in [9.17, 15) is 0 Å². The van der Waals surface area contributed by atoms with Crippen LogP contribution in [0.25, 0.3) is 0 Å². The molecule has 3 aliphatic rings. The Morgan fingerprint density at radius 3 is 1.95 bits per heavy atom. The van der Waals surface area contributed by atoms with Crippen LogP contribution in [0.2, 0.25) is 18.1 Å². The zero-order valence-electron chi connectivity index (χ0n) is 33.7. The molecule has 300 valence electrons. The van der Waals surface area contributed by atoms with Gasteiger partial charge in [-0.05, 0) is 72.4 Å². The van der Waals surface area contributed by atoms with Crippen molar-refractivity contribution in [3.05, 3.63) is 108 Å². The van der Waals surface area contributed by atoms with Crippen LogP contribution in [0.5, 0.6) is 11.5 Å². The fraction of sp³-hybridized carbons (Fsp3) is 0.556. The predicted molar refractivity (Wildman–Crippen MR) is 216 cm³/mol. The number of methoxy groups -OCH3 is 2. The van der Waals surface area contributed by atoms with Gasteiger partial charge in [-0.2, -0.15) is 0 Å². The molecule has 0 radical (unpaired) electrons. The average Bonchev–Trinajstić information content (AvgIpc) is 3.22. The molecule has 3 aliphatic heterocycles. The van der Waals surface area contributed by atoms with Gasteiger partial charge in [-0.15, -0.1) is 0 Å². The molecule has 0 aliphatic carbocycles. The van der Waals surface area contributed by atoms with Gasteiger partial charge in [0.05, 0.1) is 64.6 Å². The number of rotatable bonds is 19. The summed E-state index contributed by atoms with van der Waals surface area (Å²) in [7, 11) is 1.47. The maximum Gasteiger partial charge on any atom is 0.193 e. The van der Waals surface area contributed by atoms with Crippen molar-refractivity contribution in [3.63, 3.8) is 0 Å². The molecule has 6 rings (SSSR count). The van der Waals surface area contributed by atoms with Crippen LogP contribution in [0.4, 0.5) is 0 Å². The van der Waals surface area contributed by atoms with Gasteiger partial charge in [0.15, 0.2) is 8.32 Å². The molecule has 0 aromatic heterocycles. The molecule has 8 atom stereocenters. The lowest BCUT2D eigenvalue weighted by Crippen LogP contribution is -2.66. The van der Waals surface area contributed by atoms with Gasteiger partial charge in [0.1, 0.15) is 35.1 Å². The summed E-state index contributed by atoms with van der Waals surface area (Å²) >= 11 is 0. The third-order valence-electron chi connectivity index (χ3n) is 12.1. The third kappa shape index (κ3) is 10.2. The molecule has 3 aromatic rings. The molecule has 10 heteroatoms. The Labute approximate surface area is 329 Å². The summed E-state index contributed by atoms with van der Waals surface area (Å²) in [5, 5.41) is 0. The normalized spacial score (nSPS) is 27.1. The van der Waals surface area contributed by atoms with Crippen molar-refractivity contribution in [1.29, 1.82) is 0 Å². The van der Waals surface area contributed by atoms with E-state index in [1.165, 1.54) is 0 Å². The Balaban J connectivity index is 1.22. The summed E-state index contributed by atoms with van der Waals surface area (Å²) < 4.78 is 58.4. The Kier molecular flexibility index (Phi) is 14.5. The van der Waals surface area contributed by atoms with Crippen LogP contribution in [0, 0.1) is 0 Å². The van der Waals surface area contributed by atoms with Gasteiger partial charge in [0.2, 0.25) is 0 Å². The third-order valence-corrected chi connectivity index (χ3v) is 16.7. The monoisotopic (exact) mass is 774 g/mol. The predicted octanol–water partition coefficient (Wildman–Crippen LogP) is 9.18. The molecule has 3 saturated heterocycles. The first-order chi connectivity index (χ1) is 26.7. The highest BCUT2D eigenvalue weighted by molar-refractivity contribution is 6.73. The Bertz CT molecular complexity index is 1610. The zero-order chi connectivity index (χ0) is 38.8. The zero-order valence-corrected chi connectivity index (χ0v) is 34.7. The van der Waals surface area contributed by atoms with Crippen LogP contribution >= 0.6 is 0 Å². The van der Waals surface area contributed by atoms with Crippen molar-refractivity contribution in [2.45, 2.75) is 140 Å². The van der Waals surface area contributed by atoms with Crippen molar-refractivity contribution < 1.29 is 42.3 Å². The van der Waals surface area contributed by atoms with Crippen LogP contribution in [-0.2, 0) is 52.7 Å². The molecule has 3 heterocycles. The van der Waals surface area contributed by atoms with E-state index in [-0.39, 0.29) is 42.7 Å². The first kappa shape index (κ1) is 41.4. The van der Waals surface area contributed by atoms with E-state index in [0.717, 1.165) is 52.7 Å². The molecule has 0 saturated carbocycles. The van der Waals surface area contributed by atoms with Crippen LogP contribution in [0.1, 0.15) is 70.1 Å². The van der Waals surface area contributed by atoms with Gasteiger partial charge in [-0.25, -0.2) is 0 Å². The van der Waals surface area contributed by atoms with Crippen molar-refractivity contribution >= 4 is 8.32 Å². The summed E-state index contributed by atoms with van der Waals surface area (Å²) in [5.41, 5.74) is 2.40. The summed E-state index contributed by atoms with van der Waals surface area (Å²) in [5.74, 6) is 2.35. The molecule has 9 nitrogen and oxygen atoms in total. The van der Waals surface area contributed by atoms with Crippen LogP contribution in [0.3, 0.4) is 0 Å². The Morgan fingerprint density at radius 2 is 1.33 bits per heavy atom.